The molecule has 1 N–H and O–H groups in total. The van der Waals surface area contributed by atoms with Gasteiger partial charge in [0.05, 0.1) is 11.6 Å². The van der Waals surface area contributed by atoms with Crippen LogP contribution in [0.4, 0.5) is 22.0 Å². The lowest BCUT2D eigenvalue weighted by Gasteiger charge is -2.33. The number of halogens is 5. The number of fused-ring (bicyclic) bond motifs is 2. The van der Waals surface area contributed by atoms with Gasteiger partial charge in [0.25, 0.3) is 0 Å². The van der Waals surface area contributed by atoms with Gasteiger partial charge >= 0.3 is 0 Å². The second-order valence-electron chi connectivity index (χ2n) is 9.10. The third-order valence-corrected chi connectivity index (χ3v) is 7.07. The lowest BCUT2D eigenvalue weighted by molar-refractivity contribution is 0.0928. The van der Waals surface area contributed by atoms with E-state index in [1.165, 1.54) is 12.1 Å². The zero-order chi connectivity index (χ0) is 25.9. The number of aryl methyl sites for hydroxylation is 1. The molecular formula is C27H18F5N3O. The maximum Gasteiger partial charge on any atom is 0.157 e. The monoisotopic (exact) mass is 495 g/mol. The predicted molar refractivity (Wildman–Crippen MR) is 119 cm³/mol. The molecule has 4 nitrogen and oxygen atoms in total. The summed E-state index contributed by atoms with van der Waals surface area (Å²) >= 11 is 0. The van der Waals surface area contributed by atoms with Gasteiger partial charge in [-0.2, -0.15) is 10.5 Å². The van der Waals surface area contributed by atoms with Crippen molar-refractivity contribution < 1.29 is 27.1 Å². The molecule has 0 aliphatic heterocycles. The fourth-order valence-electron chi connectivity index (χ4n) is 5.53. The van der Waals surface area contributed by atoms with Crippen molar-refractivity contribution in [1.82, 2.24) is 4.98 Å². The molecule has 5 atom stereocenters. The van der Waals surface area contributed by atoms with Crippen LogP contribution in [0.25, 0.3) is 11.1 Å². The smallest absolute Gasteiger partial charge is 0.157 e. The van der Waals surface area contributed by atoms with E-state index in [9.17, 15) is 27.9 Å². The third kappa shape index (κ3) is 3.54. The van der Waals surface area contributed by atoms with E-state index in [0.717, 1.165) is 18.2 Å². The molecule has 0 saturated heterocycles. The first-order valence-corrected chi connectivity index (χ1v) is 11.2. The number of aliphatic hydroxyl groups is 1. The fraction of sp³-hybridized carbons (Fsp3) is 0.296. The van der Waals surface area contributed by atoms with Crippen LogP contribution in [-0.2, 0) is 6.42 Å². The van der Waals surface area contributed by atoms with E-state index < -0.39 is 48.6 Å². The maximum absolute atomic E-state index is 15.8. The summed E-state index contributed by atoms with van der Waals surface area (Å²) in [5.41, 5.74) is 0.319. The van der Waals surface area contributed by atoms with Crippen LogP contribution in [0.3, 0.4) is 0 Å². The first-order valence-electron chi connectivity index (χ1n) is 11.2. The molecule has 2 aliphatic rings. The predicted octanol–water partition coefficient (Wildman–Crippen LogP) is 5.89. The van der Waals surface area contributed by atoms with Gasteiger partial charge in [-0.3, -0.25) is 0 Å². The zero-order valence-corrected chi connectivity index (χ0v) is 18.9. The van der Waals surface area contributed by atoms with Crippen LogP contribution < -0.4 is 0 Å². The minimum absolute atomic E-state index is 0.0302. The van der Waals surface area contributed by atoms with Gasteiger partial charge in [0.15, 0.2) is 6.17 Å². The van der Waals surface area contributed by atoms with Crippen molar-refractivity contribution in [3.8, 4) is 23.3 Å². The molecule has 36 heavy (non-hydrogen) atoms. The molecule has 0 fully saturated rings. The average molecular weight is 495 g/mol. The molecule has 0 unspecified atom stereocenters. The number of nitriles is 2. The first kappa shape index (κ1) is 23.9. The highest BCUT2D eigenvalue weighted by Crippen LogP contribution is 2.51. The van der Waals surface area contributed by atoms with Crippen LogP contribution in [0.2, 0.25) is 0 Å². The highest BCUT2D eigenvalue weighted by atomic mass is 19.2. The number of rotatable bonds is 2. The summed E-state index contributed by atoms with van der Waals surface area (Å²) in [6.45, 7) is 1.55. The van der Waals surface area contributed by atoms with E-state index in [1.54, 1.807) is 13.0 Å². The average Bonchev–Trinajstić information content (AvgIpc) is 3.15. The van der Waals surface area contributed by atoms with Gasteiger partial charge in [-0.05, 0) is 71.5 Å². The summed E-state index contributed by atoms with van der Waals surface area (Å²) in [5, 5.41) is 29.4. The van der Waals surface area contributed by atoms with Crippen molar-refractivity contribution >= 4 is 0 Å². The number of pyridine rings is 1. The van der Waals surface area contributed by atoms with Crippen LogP contribution in [-0.4, -0.2) is 22.4 Å². The Morgan fingerprint density at radius 2 is 1.72 bits per heavy atom. The molecule has 0 saturated carbocycles. The van der Waals surface area contributed by atoms with Crippen LogP contribution in [0.15, 0.2) is 30.3 Å². The Labute approximate surface area is 203 Å². The zero-order valence-electron chi connectivity index (χ0n) is 18.9. The molecule has 9 heteroatoms. The van der Waals surface area contributed by atoms with Gasteiger partial charge in [0, 0.05) is 29.2 Å². The normalized spacial score (nSPS) is 24.5. The fourth-order valence-corrected chi connectivity index (χ4v) is 5.53. The van der Waals surface area contributed by atoms with Crippen molar-refractivity contribution in [2.24, 2.45) is 0 Å². The Morgan fingerprint density at radius 1 is 0.972 bits per heavy atom. The minimum atomic E-state index is -2.18. The van der Waals surface area contributed by atoms with Gasteiger partial charge in [-0.15, -0.1) is 0 Å². The van der Waals surface area contributed by atoms with Crippen molar-refractivity contribution in [2.75, 3.05) is 0 Å². The molecule has 0 amide bonds. The van der Waals surface area contributed by atoms with Gasteiger partial charge in [-0.25, -0.2) is 26.9 Å². The first-order chi connectivity index (χ1) is 17.2. The van der Waals surface area contributed by atoms with E-state index in [2.05, 4.69) is 4.98 Å². The van der Waals surface area contributed by atoms with Crippen molar-refractivity contribution in [2.45, 2.75) is 50.3 Å². The van der Waals surface area contributed by atoms with Crippen molar-refractivity contribution in [1.29, 1.82) is 10.5 Å². The highest BCUT2D eigenvalue weighted by molar-refractivity contribution is 5.75. The number of benzene rings is 2. The summed E-state index contributed by atoms with van der Waals surface area (Å²) in [5.74, 6) is -2.82. The SMILES string of the molecule is Cc1nc(C#N)ccc1-c1c(F)cc([C@H]2C[C@H](F)[C@H](F)c3cc(F)cc(C#N)c32)c2c1[C@H](O)[C@H](F)C2. The molecule has 2 aromatic carbocycles. The van der Waals surface area contributed by atoms with E-state index in [-0.39, 0.29) is 62.3 Å². The number of nitrogens with zero attached hydrogens (tertiary/aromatic N) is 3. The highest BCUT2D eigenvalue weighted by Gasteiger charge is 2.43. The molecular weight excluding hydrogens is 477 g/mol. The van der Waals surface area contributed by atoms with Gasteiger partial charge in [-0.1, -0.05) is 0 Å². The standard InChI is InChI=1S/C27H18F5N3O/c1-11-15(3-2-14(10-34)35-11)24-20(29)6-16(18-8-22(31)27(36)25(18)24)17-7-21(30)26(32)19-5-13(28)4-12(9-33)23(17)19/h2-6,17,21-22,26-27,36H,7-8H2,1H3/t17-,21+,22-,26-,27-/m1/s1. The Balaban J connectivity index is 1.79. The lowest BCUT2D eigenvalue weighted by atomic mass is 9.73. The molecule has 1 aromatic heterocycles. The Kier molecular flexibility index (Phi) is 5.77. The van der Waals surface area contributed by atoms with Crippen molar-refractivity contribution in [3.05, 3.63) is 86.7 Å². The Bertz CT molecular complexity index is 1490. The summed E-state index contributed by atoms with van der Waals surface area (Å²) in [4.78, 5) is 4.10. The van der Waals surface area contributed by atoms with E-state index in [1.807, 2.05) is 6.07 Å². The molecule has 2 aliphatic carbocycles. The summed E-state index contributed by atoms with van der Waals surface area (Å²) in [6, 6.07) is 9.32. The number of hydrogen-bond donors (Lipinski definition) is 1. The second-order valence-corrected chi connectivity index (χ2v) is 9.10. The molecule has 0 radical (unpaired) electrons. The third-order valence-electron chi connectivity index (χ3n) is 7.07. The van der Waals surface area contributed by atoms with E-state index in [0.29, 0.717) is 0 Å². The molecule has 1 heterocycles. The molecule has 0 spiro atoms. The van der Waals surface area contributed by atoms with Gasteiger partial charge in [0.1, 0.15) is 41.8 Å². The maximum atomic E-state index is 15.8. The summed E-state index contributed by atoms with van der Waals surface area (Å²) < 4.78 is 74.3. The number of hydrogen-bond acceptors (Lipinski definition) is 4. The Hall–Kier alpha value is -3.82. The van der Waals surface area contributed by atoms with Gasteiger partial charge in [0.2, 0.25) is 0 Å². The largest absolute Gasteiger partial charge is 0.385 e. The van der Waals surface area contributed by atoms with Crippen LogP contribution in [0.5, 0.6) is 0 Å². The minimum Gasteiger partial charge on any atom is -0.385 e. The molecule has 182 valence electrons. The summed E-state index contributed by atoms with van der Waals surface area (Å²) in [6.07, 6.45) is -8.50. The summed E-state index contributed by atoms with van der Waals surface area (Å²) in [7, 11) is 0. The number of alkyl halides is 3. The quantitative estimate of drug-likeness (QED) is 0.450. The van der Waals surface area contributed by atoms with Crippen LogP contribution >= 0.6 is 0 Å². The topological polar surface area (TPSA) is 80.7 Å². The lowest BCUT2D eigenvalue weighted by Crippen LogP contribution is -2.25. The number of aliphatic hydroxyl groups excluding tert-OH is 1. The molecule has 5 rings (SSSR count). The second kappa shape index (κ2) is 8.69. The van der Waals surface area contributed by atoms with Crippen molar-refractivity contribution in [3.63, 3.8) is 0 Å². The van der Waals surface area contributed by atoms with Crippen LogP contribution in [0.1, 0.15) is 69.4 Å². The van der Waals surface area contributed by atoms with E-state index in [4.69, 9.17) is 5.26 Å². The number of aromatic nitrogens is 1. The molecule has 3 aromatic rings. The van der Waals surface area contributed by atoms with E-state index >= 15 is 4.39 Å². The van der Waals surface area contributed by atoms with Crippen LogP contribution in [0, 0.1) is 41.2 Å². The Morgan fingerprint density at radius 3 is 2.39 bits per heavy atom. The van der Waals surface area contributed by atoms with Gasteiger partial charge < -0.3 is 5.11 Å². The molecule has 0 bridgehead atoms.